The Balaban J connectivity index is 1.99. The van der Waals surface area contributed by atoms with Crippen molar-refractivity contribution >= 4 is 29.1 Å². The average Bonchev–Trinajstić information content (AvgIpc) is 2.73. The van der Waals surface area contributed by atoms with E-state index in [-0.39, 0.29) is 18.1 Å². The molecule has 1 fully saturated rings. The fourth-order valence-corrected chi connectivity index (χ4v) is 3.87. The molecule has 4 nitrogen and oxygen atoms in total. The van der Waals surface area contributed by atoms with Crippen molar-refractivity contribution in [2.75, 3.05) is 0 Å². The van der Waals surface area contributed by atoms with E-state index in [4.69, 9.17) is 23.2 Å². The lowest BCUT2D eigenvalue weighted by Gasteiger charge is -2.34. The highest BCUT2D eigenvalue weighted by Crippen LogP contribution is 2.42. The van der Waals surface area contributed by atoms with E-state index in [1.165, 1.54) is 0 Å². The van der Waals surface area contributed by atoms with Crippen molar-refractivity contribution in [3.63, 3.8) is 0 Å². The van der Waals surface area contributed by atoms with E-state index < -0.39 is 6.04 Å². The second-order valence-electron chi connectivity index (χ2n) is 5.56. The van der Waals surface area contributed by atoms with Crippen molar-refractivity contribution in [1.29, 1.82) is 5.26 Å². The molecule has 0 spiro atoms. The minimum absolute atomic E-state index is 0.0345. The molecule has 0 bridgehead atoms. The van der Waals surface area contributed by atoms with Crippen molar-refractivity contribution in [3.05, 3.63) is 33.3 Å². The zero-order valence-electron chi connectivity index (χ0n) is 11.2. The number of fused-ring (bicyclic) bond motifs is 1. The average molecular weight is 325 g/mol. The van der Waals surface area contributed by atoms with E-state index in [1.54, 1.807) is 17.0 Å². The lowest BCUT2D eigenvalue weighted by atomic mass is 9.91. The van der Waals surface area contributed by atoms with Crippen molar-refractivity contribution < 1.29 is 9.90 Å². The molecule has 1 aliphatic heterocycles. The molecular formula is C15H14Cl2N2O2. The first-order valence-corrected chi connectivity index (χ1v) is 7.67. The van der Waals surface area contributed by atoms with Gasteiger partial charge >= 0.3 is 0 Å². The van der Waals surface area contributed by atoms with Crippen molar-refractivity contribution in [2.45, 2.75) is 43.9 Å². The summed E-state index contributed by atoms with van der Waals surface area (Å²) < 4.78 is 0. The van der Waals surface area contributed by atoms with Gasteiger partial charge in [-0.25, -0.2) is 0 Å². The van der Waals surface area contributed by atoms with Crippen LogP contribution in [0.1, 0.15) is 47.6 Å². The smallest absolute Gasteiger partial charge is 0.255 e. The standard InChI is InChI=1S/C15H14Cl2N2O2/c16-8-5-11-14(12(17)6-8)13(7-18)19(15(11)21)9-1-3-10(20)4-2-9/h5-6,9-10,13,20H,1-4H2. The lowest BCUT2D eigenvalue weighted by molar-refractivity contribution is 0.0479. The fourth-order valence-electron chi connectivity index (χ4n) is 3.27. The number of carbonyl (C=O) groups excluding carboxylic acids is 1. The van der Waals surface area contributed by atoms with Crippen molar-refractivity contribution in [2.24, 2.45) is 0 Å². The van der Waals surface area contributed by atoms with Gasteiger partial charge in [0, 0.05) is 27.2 Å². The fraction of sp³-hybridized carbons (Fsp3) is 0.467. The Morgan fingerprint density at radius 3 is 2.52 bits per heavy atom. The molecule has 1 unspecified atom stereocenters. The van der Waals surface area contributed by atoms with Gasteiger partial charge in [-0.2, -0.15) is 5.26 Å². The Kier molecular flexibility index (Phi) is 3.83. The zero-order chi connectivity index (χ0) is 15.1. The molecule has 1 atom stereocenters. The summed E-state index contributed by atoms with van der Waals surface area (Å²) >= 11 is 12.2. The summed E-state index contributed by atoms with van der Waals surface area (Å²) in [5.41, 5.74) is 0.977. The SMILES string of the molecule is N#CC1c2c(Cl)cc(Cl)cc2C(=O)N1C1CCC(O)CC1. The molecule has 1 aromatic rings. The van der Waals surface area contributed by atoms with Crippen LogP contribution in [0.5, 0.6) is 0 Å². The first-order chi connectivity index (χ1) is 10.0. The zero-order valence-corrected chi connectivity index (χ0v) is 12.7. The number of nitriles is 1. The Morgan fingerprint density at radius 2 is 1.90 bits per heavy atom. The van der Waals surface area contributed by atoms with Gasteiger partial charge in [0.05, 0.1) is 12.2 Å². The van der Waals surface area contributed by atoms with Gasteiger partial charge < -0.3 is 10.0 Å². The molecule has 6 heteroatoms. The Morgan fingerprint density at radius 1 is 1.24 bits per heavy atom. The highest BCUT2D eigenvalue weighted by Gasteiger charge is 2.43. The first-order valence-electron chi connectivity index (χ1n) is 6.92. The van der Waals surface area contributed by atoms with Gasteiger partial charge in [-0.05, 0) is 37.8 Å². The second kappa shape index (κ2) is 5.49. The summed E-state index contributed by atoms with van der Waals surface area (Å²) in [6.45, 7) is 0. The molecule has 1 amide bonds. The number of benzene rings is 1. The van der Waals surface area contributed by atoms with Crippen LogP contribution in [0.25, 0.3) is 0 Å². The molecule has 0 aromatic heterocycles. The Hall–Kier alpha value is -1.28. The van der Waals surface area contributed by atoms with Crippen LogP contribution < -0.4 is 0 Å². The third kappa shape index (κ3) is 2.40. The molecule has 1 aromatic carbocycles. The highest BCUT2D eigenvalue weighted by molar-refractivity contribution is 6.36. The number of halogens is 2. The number of rotatable bonds is 1. The Bertz CT molecular complexity index is 633. The predicted octanol–water partition coefficient (Wildman–Crippen LogP) is 3.32. The molecule has 110 valence electrons. The largest absolute Gasteiger partial charge is 0.393 e. The molecule has 1 saturated carbocycles. The lowest BCUT2D eigenvalue weighted by Crippen LogP contribution is -2.41. The highest BCUT2D eigenvalue weighted by atomic mass is 35.5. The second-order valence-corrected chi connectivity index (χ2v) is 6.40. The number of hydrogen-bond acceptors (Lipinski definition) is 3. The van der Waals surface area contributed by atoms with Crippen LogP contribution in [0.2, 0.25) is 10.0 Å². The van der Waals surface area contributed by atoms with Crippen LogP contribution in [-0.2, 0) is 0 Å². The van der Waals surface area contributed by atoms with Crippen LogP contribution in [0.3, 0.4) is 0 Å². The maximum Gasteiger partial charge on any atom is 0.255 e. The number of nitrogens with zero attached hydrogens (tertiary/aromatic N) is 2. The van der Waals surface area contributed by atoms with Gasteiger partial charge in [-0.3, -0.25) is 4.79 Å². The van der Waals surface area contributed by atoms with Gasteiger partial charge in [0.1, 0.15) is 6.04 Å². The number of aliphatic hydroxyl groups is 1. The molecule has 3 rings (SSSR count). The first kappa shape index (κ1) is 14.6. The van der Waals surface area contributed by atoms with Gasteiger partial charge in [-0.1, -0.05) is 23.2 Å². The molecule has 1 heterocycles. The summed E-state index contributed by atoms with van der Waals surface area (Å²) in [6.07, 6.45) is 2.39. The van der Waals surface area contributed by atoms with E-state index in [1.807, 2.05) is 0 Å². The van der Waals surface area contributed by atoms with Gasteiger partial charge in [-0.15, -0.1) is 0 Å². The quantitative estimate of drug-likeness (QED) is 0.861. The molecular weight excluding hydrogens is 311 g/mol. The molecule has 1 aliphatic carbocycles. The number of carbonyl (C=O) groups is 1. The topological polar surface area (TPSA) is 64.3 Å². The van der Waals surface area contributed by atoms with Crippen LogP contribution in [0, 0.1) is 11.3 Å². The molecule has 2 aliphatic rings. The number of aliphatic hydroxyl groups excluding tert-OH is 1. The minimum atomic E-state index is -0.669. The molecule has 21 heavy (non-hydrogen) atoms. The normalized spacial score (nSPS) is 28.4. The van der Waals surface area contributed by atoms with Gasteiger partial charge in [0.2, 0.25) is 0 Å². The van der Waals surface area contributed by atoms with E-state index in [0.29, 0.717) is 46.9 Å². The van der Waals surface area contributed by atoms with Crippen molar-refractivity contribution in [3.8, 4) is 6.07 Å². The van der Waals surface area contributed by atoms with Crippen LogP contribution in [-0.4, -0.2) is 28.1 Å². The molecule has 1 N–H and O–H groups in total. The van der Waals surface area contributed by atoms with Crippen LogP contribution >= 0.6 is 23.2 Å². The third-order valence-electron chi connectivity index (χ3n) is 4.29. The maximum atomic E-state index is 12.6. The summed E-state index contributed by atoms with van der Waals surface area (Å²) in [7, 11) is 0. The summed E-state index contributed by atoms with van der Waals surface area (Å²) in [6, 6.07) is 4.62. The minimum Gasteiger partial charge on any atom is -0.393 e. The molecule has 0 radical (unpaired) electrons. The van der Waals surface area contributed by atoms with E-state index in [0.717, 1.165) is 0 Å². The summed E-state index contributed by atoms with van der Waals surface area (Å²) in [5.74, 6) is -0.192. The van der Waals surface area contributed by atoms with E-state index in [9.17, 15) is 15.2 Å². The van der Waals surface area contributed by atoms with Crippen LogP contribution in [0.15, 0.2) is 12.1 Å². The maximum absolute atomic E-state index is 12.6. The van der Waals surface area contributed by atoms with Gasteiger partial charge in [0.25, 0.3) is 5.91 Å². The van der Waals surface area contributed by atoms with Gasteiger partial charge in [0.15, 0.2) is 0 Å². The summed E-state index contributed by atoms with van der Waals surface area (Å²) in [5, 5.41) is 19.8. The van der Waals surface area contributed by atoms with Crippen LogP contribution in [0.4, 0.5) is 0 Å². The summed E-state index contributed by atoms with van der Waals surface area (Å²) in [4.78, 5) is 14.3. The molecule has 0 saturated heterocycles. The predicted molar refractivity (Wildman–Crippen MR) is 79.2 cm³/mol. The number of hydrogen-bond donors (Lipinski definition) is 1. The van der Waals surface area contributed by atoms with E-state index in [2.05, 4.69) is 6.07 Å². The number of amides is 1. The Labute approximate surface area is 132 Å². The van der Waals surface area contributed by atoms with E-state index >= 15 is 0 Å². The van der Waals surface area contributed by atoms with Crippen molar-refractivity contribution in [1.82, 2.24) is 4.90 Å². The third-order valence-corrected chi connectivity index (χ3v) is 4.82. The monoisotopic (exact) mass is 324 g/mol.